The van der Waals surface area contributed by atoms with E-state index < -0.39 is 52.0 Å². The molecule has 0 amide bonds. The minimum Gasteiger partial charge on any atom is -1.00 e. The molecule has 20 N–H and O–H groups in total. The molecule has 0 aliphatic rings. The fourth-order valence-corrected chi connectivity index (χ4v) is 0. The van der Waals surface area contributed by atoms with Crippen molar-refractivity contribution in [2.75, 3.05) is 0 Å². The minimum atomic E-state index is -4.67. The third-order valence-electron chi connectivity index (χ3n) is 0. The Hall–Kier alpha value is 2.93. The van der Waals surface area contributed by atoms with Crippen molar-refractivity contribution in [1.82, 2.24) is 0 Å². The van der Waals surface area contributed by atoms with Gasteiger partial charge < -0.3 is 35.9 Å². The van der Waals surface area contributed by atoms with Crippen LogP contribution < -0.4 is 0 Å². The largest absolute Gasteiger partial charge is 2.00 e. The van der Waals surface area contributed by atoms with E-state index >= 15 is 0 Å². The van der Waals surface area contributed by atoms with Crippen molar-refractivity contribution >= 4 is 165 Å². The average molecular weight is 707 g/mol. The summed E-state index contributed by atoms with van der Waals surface area (Å²) in [4.78, 5) is 0. The molecule has 0 fully saturated rings. The number of hydrogen-bond donors (Lipinski definition) is 10. The first-order valence-corrected chi connectivity index (χ1v) is 10.5. The molecule has 0 bridgehead atoms. The van der Waals surface area contributed by atoms with Gasteiger partial charge in [-0.3, -0.25) is 45.5 Å². The van der Waals surface area contributed by atoms with Crippen LogP contribution in [0.25, 0.3) is 0 Å². The van der Waals surface area contributed by atoms with Gasteiger partial charge in [0.25, 0.3) is 0 Å². The van der Waals surface area contributed by atoms with E-state index in [-0.39, 0.29) is 149 Å². The predicted molar refractivity (Wildman–Crippen MR) is 113 cm³/mol. The van der Waals surface area contributed by atoms with E-state index in [0.717, 1.165) is 0 Å². The van der Waals surface area contributed by atoms with E-state index in [9.17, 15) is 0 Å². The standard InChI is InChI=1S/3Ca.5H2O4S.5H2O.6H/c;;;5*1-5(2,3)4;;;;;;;;;;;/h;;;5*(H2,1,2,3,4);5*1H2;;;;;;/q3*+2;;;;;;;;;;;6*-1. The fraction of sp³-hybridized carbons (Fsp3) is 0. The van der Waals surface area contributed by atoms with Crippen molar-refractivity contribution < 1.29 is 124 Å². The summed E-state index contributed by atoms with van der Waals surface area (Å²) in [7, 11) is -23.3. The molecule has 0 aromatic heterocycles. The minimum absolute atomic E-state index is 0. The Balaban J connectivity index is -0.00000000692. The van der Waals surface area contributed by atoms with Gasteiger partial charge in [0.2, 0.25) is 0 Å². The van der Waals surface area contributed by atoms with Crippen molar-refractivity contribution in [1.29, 1.82) is 0 Å². The van der Waals surface area contributed by atoms with Gasteiger partial charge in [0.05, 0.1) is 0 Å². The van der Waals surface area contributed by atoms with Crippen LogP contribution in [-0.2, 0) is 52.0 Å². The Morgan fingerprint density at radius 3 is 0.273 bits per heavy atom. The zero-order chi connectivity index (χ0) is 22.5. The van der Waals surface area contributed by atoms with Crippen LogP contribution in [0.4, 0.5) is 0 Å². The van der Waals surface area contributed by atoms with E-state index in [1.165, 1.54) is 0 Å². The molecule has 0 aliphatic carbocycles. The maximum Gasteiger partial charge on any atom is 2.00 e. The van der Waals surface area contributed by atoms with Crippen molar-refractivity contribution in [3.8, 4) is 0 Å². The molecule has 0 unspecified atom stereocenters. The third-order valence-corrected chi connectivity index (χ3v) is 0. The third kappa shape index (κ3) is 4410. The average Bonchev–Trinajstić information content (AvgIpc) is 1.79. The Kier molecular flexibility index (Phi) is 93.7. The second-order valence-electron chi connectivity index (χ2n) is 2.24. The molecule has 0 spiro atoms. The van der Waals surface area contributed by atoms with Crippen LogP contribution in [0.1, 0.15) is 8.56 Å². The summed E-state index contributed by atoms with van der Waals surface area (Å²) in [5, 5.41) is 0. The Morgan fingerprint density at radius 1 is 0.273 bits per heavy atom. The van der Waals surface area contributed by atoms with E-state index in [1.807, 2.05) is 0 Å². The molecule has 0 aromatic carbocycles. The Bertz CT molecular complexity index is 648. The molecule has 212 valence electrons. The summed E-state index contributed by atoms with van der Waals surface area (Å²) >= 11 is 0. The molecule has 0 heterocycles. The quantitative estimate of drug-likeness (QED) is 0.0825. The Morgan fingerprint density at radius 2 is 0.273 bits per heavy atom. The van der Waals surface area contributed by atoms with Gasteiger partial charge in [-0.1, -0.05) is 0 Å². The summed E-state index contributed by atoms with van der Waals surface area (Å²) in [6, 6.07) is 0. The first-order valence-electron chi connectivity index (χ1n) is 3.49. The molecule has 0 rings (SSSR count). The number of hydrogen-bond acceptors (Lipinski definition) is 10. The zero-order valence-electron chi connectivity index (χ0n) is 21.2. The van der Waals surface area contributed by atoms with Crippen molar-refractivity contribution in [2.24, 2.45) is 0 Å². The molecule has 0 saturated heterocycles. The van der Waals surface area contributed by atoms with Gasteiger partial charge in [-0.2, -0.15) is 42.1 Å². The van der Waals surface area contributed by atoms with Crippen LogP contribution >= 0.6 is 0 Å². The van der Waals surface area contributed by atoms with Crippen LogP contribution in [-0.4, -0.2) is 228 Å². The molecule has 0 atom stereocenters. The fourth-order valence-electron chi connectivity index (χ4n) is 0. The van der Waals surface area contributed by atoms with Crippen molar-refractivity contribution in [3.05, 3.63) is 0 Å². The predicted octanol–water partition coefficient (Wildman–Crippen LogP) is -7.85. The van der Waals surface area contributed by atoms with Gasteiger partial charge in [-0.15, -0.1) is 0 Å². The second-order valence-corrected chi connectivity index (χ2v) is 6.72. The molecule has 33 heteroatoms. The topological polar surface area (TPSA) is 530 Å². The van der Waals surface area contributed by atoms with Gasteiger partial charge >= 0.3 is 165 Å². The van der Waals surface area contributed by atoms with Gasteiger partial charge in [0, 0.05) is 0 Å². The van der Waals surface area contributed by atoms with Gasteiger partial charge in [0.1, 0.15) is 0 Å². The molecule has 0 saturated carbocycles. The van der Waals surface area contributed by atoms with E-state index in [2.05, 4.69) is 0 Å². The molecule has 0 aliphatic heterocycles. The smallest absolute Gasteiger partial charge is 1.00 e. The van der Waals surface area contributed by atoms with Crippen molar-refractivity contribution in [3.63, 3.8) is 0 Å². The maximum atomic E-state index is 8.74. The van der Waals surface area contributed by atoms with Crippen molar-refractivity contribution in [2.45, 2.75) is 0 Å². The molecular formula is H26Ca3O25S5. The molecule has 25 nitrogen and oxygen atoms in total. The Labute approximate surface area is 284 Å². The molecule has 33 heavy (non-hydrogen) atoms. The normalized spacial score (nSPS) is 8.79. The van der Waals surface area contributed by atoms with E-state index in [1.54, 1.807) is 0 Å². The van der Waals surface area contributed by atoms with Gasteiger partial charge in [0.15, 0.2) is 0 Å². The summed E-state index contributed by atoms with van der Waals surface area (Å²) in [6.07, 6.45) is 0. The monoisotopic (exact) mass is 706 g/mol. The maximum absolute atomic E-state index is 8.74. The van der Waals surface area contributed by atoms with E-state index in [4.69, 9.17) is 87.6 Å². The van der Waals surface area contributed by atoms with Crippen LogP contribution in [0.2, 0.25) is 0 Å². The SMILES string of the molecule is O.O.O.O.O.O=S(=O)(O)O.O=S(=O)(O)O.O=S(=O)(O)O.O=S(=O)(O)O.O=S(=O)(O)O.[Ca+2].[Ca+2].[Ca+2].[H-].[H-].[H-].[H-].[H-].[H-]. The second kappa shape index (κ2) is 37.1. The summed E-state index contributed by atoms with van der Waals surface area (Å²) in [5.74, 6) is 0. The molecular weight excluding hydrogens is 681 g/mol. The van der Waals surface area contributed by atoms with Gasteiger partial charge in [-0.05, 0) is 0 Å². The van der Waals surface area contributed by atoms with Crippen LogP contribution in [0, 0.1) is 0 Å². The number of rotatable bonds is 0. The van der Waals surface area contributed by atoms with Crippen LogP contribution in [0.15, 0.2) is 0 Å². The van der Waals surface area contributed by atoms with Crippen LogP contribution in [0.5, 0.6) is 0 Å². The molecule has 0 radical (unpaired) electrons. The summed E-state index contributed by atoms with van der Waals surface area (Å²) in [6.45, 7) is 0. The van der Waals surface area contributed by atoms with E-state index in [0.29, 0.717) is 0 Å². The first-order chi connectivity index (χ1) is 10.0. The summed E-state index contributed by atoms with van der Waals surface area (Å²) in [5.41, 5.74) is 0. The van der Waals surface area contributed by atoms with Crippen LogP contribution in [0.3, 0.4) is 0 Å². The first kappa shape index (κ1) is 83.4. The zero-order valence-corrected chi connectivity index (χ0v) is 25.9. The molecule has 0 aromatic rings. The van der Waals surface area contributed by atoms with Gasteiger partial charge in [-0.25, -0.2) is 0 Å². The summed E-state index contributed by atoms with van der Waals surface area (Å²) < 4.78 is 158.